The monoisotopic (exact) mass is 368 g/mol. The number of pyridine rings is 1. The van der Waals surface area contributed by atoms with Gasteiger partial charge in [0, 0.05) is 16.8 Å². The molecule has 0 radical (unpaired) electrons. The zero-order chi connectivity index (χ0) is 17.2. The molecule has 1 amide bonds. The van der Waals surface area contributed by atoms with E-state index in [0.717, 1.165) is 35.3 Å². The summed E-state index contributed by atoms with van der Waals surface area (Å²) < 4.78 is 0. The van der Waals surface area contributed by atoms with Crippen LogP contribution in [0.15, 0.2) is 52.9 Å². The van der Waals surface area contributed by atoms with E-state index in [1.54, 1.807) is 0 Å². The molecule has 0 bridgehead atoms. The summed E-state index contributed by atoms with van der Waals surface area (Å²) in [7, 11) is 0. The van der Waals surface area contributed by atoms with Crippen LogP contribution < -0.4 is 0 Å². The lowest BCUT2D eigenvalue weighted by Crippen LogP contribution is -2.40. The van der Waals surface area contributed by atoms with Crippen LogP contribution in [0.1, 0.15) is 29.8 Å². The van der Waals surface area contributed by atoms with Crippen molar-refractivity contribution in [3.8, 4) is 0 Å². The molecule has 0 saturated heterocycles. The van der Waals surface area contributed by atoms with Crippen molar-refractivity contribution in [1.29, 1.82) is 0 Å². The minimum Gasteiger partial charge on any atom is -0.335 e. The van der Waals surface area contributed by atoms with Crippen LogP contribution >= 0.6 is 23.1 Å². The molecule has 1 atom stereocenters. The van der Waals surface area contributed by atoms with Crippen LogP contribution in [0.2, 0.25) is 0 Å². The number of nitrogens with zero attached hydrogens (tertiary/aromatic N) is 2. The Kier molecular flexibility index (Phi) is 4.77. The van der Waals surface area contributed by atoms with Crippen LogP contribution in [0.4, 0.5) is 0 Å². The summed E-state index contributed by atoms with van der Waals surface area (Å²) in [6, 6.07) is 14.6. The van der Waals surface area contributed by atoms with E-state index in [9.17, 15) is 4.79 Å². The van der Waals surface area contributed by atoms with Crippen molar-refractivity contribution in [3.63, 3.8) is 0 Å². The van der Waals surface area contributed by atoms with Gasteiger partial charge in [-0.1, -0.05) is 43.0 Å². The molecule has 25 heavy (non-hydrogen) atoms. The number of carbonyl (C=O) groups is 1. The highest BCUT2D eigenvalue weighted by molar-refractivity contribution is 7.99. The molecule has 0 saturated carbocycles. The van der Waals surface area contributed by atoms with E-state index < -0.39 is 0 Å². The highest BCUT2D eigenvalue weighted by atomic mass is 32.2. The number of fused-ring (bicyclic) bond motifs is 2. The summed E-state index contributed by atoms with van der Waals surface area (Å²) in [5, 5.41) is 4.19. The molecule has 2 aromatic heterocycles. The Morgan fingerprint density at radius 3 is 3.04 bits per heavy atom. The molecular formula is C20H20N2OS2. The van der Waals surface area contributed by atoms with Crippen LogP contribution in [-0.4, -0.2) is 28.1 Å². The quantitative estimate of drug-likeness (QED) is 0.613. The standard InChI is InChI=1S/C20H20N2OS2/c1-2-17-15-10-12-24-18(15)9-11-22(17)20(23)13-25-19-8-7-14-5-3-4-6-16(14)21-19/h3-8,10,12,17H,2,9,11,13H2,1H3. The van der Waals surface area contributed by atoms with Gasteiger partial charge >= 0.3 is 0 Å². The van der Waals surface area contributed by atoms with E-state index in [-0.39, 0.29) is 11.9 Å². The first kappa shape index (κ1) is 16.6. The number of rotatable bonds is 4. The molecule has 3 aromatic rings. The lowest BCUT2D eigenvalue weighted by Gasteiger charge is -2.35. The number of thioether (sulfide) groups is 1. The molecule has 3 heterocycles. The lowest BCUT2D eigenvalue weighted by atomic mass is 9.98. The second-order valence-corrected chi connectivity index (χ2v) is 8.19. The third kappa shape index (κ3) is 3.31. The molecule has 128 valence electrons. The van der Waals surface area contributed by atoms with Gasteiger partial charge in [0.15, 0.2) is 0 Å². The second-order valence-electron chi connectivity index (χ2n) is 6.19. The first-order valence-electron chi connectivity index (χ1n) is 8.60. The van der Waals surface area contributed by atoms with Gasteiger partial charge in [0.25, 0.3) is 0 Å². The fourth-order valence-corrected chi connectivity index (χ4v) is 5.17. The Labute approximate surface area is 156 Å². The van der Waals surface area contributed by atoms with Crippen LogP contribution in [0.3, 0.4) is 0 Å². The Balaban J connectivity index is 1.46. The zero-order valence-corrected chi connectivity index (χ0v) is 15.8. The normalized spacial score (nSPS) is 16.8. The summed E-state index contributed by atoms with van der Waals surface area (Å²) in [4.78, 5) is 21.0. The van der Waals surface area contributed by atoms with Crippen molar-refractivity contribution < 1.29 is 4.79 Å². The third-order valence-electron chi connectivity index (χ3n) is 4.72. The average molecular weight is 369 g/mol. The number of hydrogen-bond donors (Lipinski definition) is 0. The van der Waals surface area contributed by atoms with Crippen LogP contribution in [0.5, 0.6) is 0 Å². The molecule has 1 unspecified atom stereocenters. The van der Waals surface area contributed by atoms with Crippen molar-refractivity contribution >= 4 is 39.9 Å². The smallest absolute Gasteiger partial charge is 0.233 e. The largest absolute Gasteiger partial charge is 0.335 e. The molecule has 0 aliphatic carbocycles. The van der Waals surface area contributed by atoms with Crippen molar-refractivity contribution in [1.82, 2.24) is 9.88 Å². The number of thiophene rings is 1. The van der Waals surface area contributed by atoms with E-state index in [4.69, 9.17) is 0 Å². The number of benzene rings is 1. The predicted octanol–water partition coefficient (Wildman–Crippen LogP) is 4.92. The topological polar surface area (TPSA) is 33.2 Å². The van der Waals surface area contributed by atoms with E-state index >= 15 is 0 Å². The number of amides is 1. The Bertz CT molecular complexity index is 905. The molecular weight excluding hydrogens is 348 g/mol. The van der Waals surface area contributed by atoms with Gasteiger partial charge < -0.3 is 4.90 Å². The molecule has 0 N–H and O–H groups in total. The summed E-state index contributed by atoms with van der Waals surface area (Å²) in [6.07, 6.45) is 1.95. The van der Waals surface area contributed by atoms with Crippen LogP contribution in [-0.2, 0) is 11.2 Å². The second kappa shape index (κ2) is 7.18. The van der Waals surface area contributed by atoms with Gasteiger partial charge in [0.1, 0.15) is 0 Å². The van der Waals surface area contributed by atoms with Crippen molar-refractivity contribution in [2.24, 2.45) is 0 Å². The van der Waals surface area contributed by atoms with E-state index in [1.807, 2.05) is 35.6 Å². The molecule has 3 nitrogen and oxygen atoms in total. The van der Waals surface area contributed by atoms with Crippen molar-refractivity contribution in [2.75, 3.05) is 12.3 Å². The molecule has 0 spiro atoms. The maximum atomic E-state index is 12.8. The Morgan fingerprint density at radius 1 is 1.28 bits per heavy atom. The first-order chi connectivity index (χ1) is 12.3. The number of hydrogen-bond acceptors (Lipinski definition) is 4. The van der Waals surface area contributed by atoms with E-state index in [2.05, 4.69) is 40.4 Å². The molecule has 5 heteroatoms. The highest BCUT2D eigenvalue weighted by Crippen LogP contribution is 2.35. The molecule has 1 aliphatic rings. The minimum atomic E-state index is 0.212. The number of carbonyl (C=O) groups excluding carboxylic acids is 1. The summed E-state index contributed by atoms with van der Waals surface area (Å²) in [6.45, 7) is 2.99. The van der Waals surface area contributed by atoms with Crippen molar-refractivity contribution in [3.05, 3.63) is 58.3 Å². The molecule has 1 aliphatic heterocycles. The van der Waals surface area contributed by atoms with Gasteiger partial charge in [-0.3, -0.25) is 4.79 Å². The lowest BCUT2D eigenvalue weighted by molar-refractivity contribution is -0.131. The molecule has 0 fully saturated rings. The summed E-state index contributed by atoms with van der Waals surface area (Å²) in [5.74, 6) is 0.657. The first-order valence-corrected chi connectivity index (χ1v) is 10.5. The van der Waals surface area contributed by atoms with E-state index in [0.29, 0.717) is 5.75 Å². The summed E-state index contributed by atoms with van der Waals surface area (Å²) >= 11 is 3.35. The fraction of sp³-hybridized carbons (Fsp3) is 0.300. The maximum absolute atomic E-state index is 12.8. The van der Waals surface area contributed by atoms with Gasteiger partial charge in [0.2, 0.25) is 5.91 Å². The van der Waals surface area contributed by atoms with Gasteiger partial charge in [-0.2, -0.15) is 0 Å². The van der Waals surface area contributed by atoms with Gasteiger partial charge in [-0.15, -0.1) is 11.3 Å². The Morgan fingerprint density at radius 2 is 2.16 bits per heavy atom. The van der Waals surface area contributed by atoms with Gasteiger partial charge in [0.05, 0.1) is 22.3 Å². The Hall–Kier alpha value is -1.85. The maximum Gasteiger partial charge on any atom is 0.233 e. The third-order valence-corrected chi connectivity index (χ3v) is 6.63. The SMILES string of the molecule is CCC1c2ccsc2CCN1C(=O)CSc1ccc2ccccc2n1. The minimum absolute atomic E-state index is 0.212. The number of aromatic nitrogens is 1. The summed E-state index contributed by atoms with van der Waals surface area (Å²) in [5.41, 5.74) is 2.33. The van der Waals surface area contributed by atoms with Gasteiger partial charge in [-0.05, 0) is 42.0 Å². The molecule has 4 rings (SSSR count). The highest BCUT2D eigenvalue weighted by Gasteiger charge is 2.30. The fourth-order valence-electron chi connectivity index (χ4n) is 3.48. The molecule has 1 aromatic carbocycles. The predicted molar refractivity (Wildman–Crippen MR) is 105 cm³/mol. The van der Waals surface area contributed by atoms with Gasteiger partial charge in [-0.25, -0.2) is 4.98 Å². The number of para-hydroxylation sites is 1. The van der Waals surface area contributed by atoms with Crippen molar-refractivity contribution in [2.45, 2.75) is 30.8 Å². The van der Waals surface area contributed by atoms with Crippen LogP contribution in [0.25, 0.3) is 10.9 Å². The zero-order valence-electron chi connectivity index (χ0n) is 14.1. The van der Waals surface area contributed by atoms with Crippen LogP contribution in [0, 0.1) is 0 Å². The average Bonchev–Trinajstić information content (AvgIpc) is 3.14. The van der Waals surface area contributed by atoms with E-state index in [1.165, 1.54) is 22.2 Å².